The Morgan fingerprint density at radius 1 is 1.00 bits per heavy atom. The summed E-state index contributed by atoms with van der Waals surface area (Å²) in [7, 11) is 7.79. The first kappa shape index (κ1) is 22.8. The highest BCUT2D eigenvalue weighted by molar-refractivity contribution is 5.94. The van der Waals surface area contributed by atoms with Crippen molar-refractivity contribution in [3.05, 3.63) is 80.6 Å². The molecule has 11 nitrogen and oxygen atoms in total. The van der Waals surface area contributed by atoms with Crippen LogP contribution in [0.1, 0.15) is 27.9 Å². The average Bonchev–Trinajstić information content (AvgIpc) is 3.29. The number of carbonyl (C=O) groups excluding carboxylic acids is 1. The van der Waals surface area contributed by atoms with E-state index in [2.05, 4.69) is 15.3 Å². The van der Waals surface area contributed by atoms with E-state index >= 15 is 0 Å². The van der Waals surface area contributed by atoms with Crippen LogP contribution in [0.5, 0.6) is 11.5 Å². The number of rotatable bonds is 6. The summed E-state index contributed by atoms with van der Waals surface area (Å²) in [5, 5.41) is 3.19. The maximum absolute atomic E-state index is 13.3. The van der Waals surface area contributed by atoms with Gasteiger partial charge < -0.3 is 19.4 Å². The van der Waals surface area contributed by atoms with Gasteiger partial charge in [-0.1, -0.05) is 0 Å². The monoisotopic (exact) mass is 464 g/mol. The molecule has 4 rings (SSSR count). The normalized spacial score (nSPS) is 11.9. The second-order valence-electron chi connectivity index (χ2n) is 7.72. The van der Waals surface area contributed by atoms with Gasteiger partial charge in [0.15, 0.2) is 0 Å². The highest BCUT2D eigenvalue weighted by Crippen LogP contribution is 2.29. The molecule has 1 aromatic carbocycles. The van der Waals surface area contributed by atoms with Crippen molar-refractivity contribution in [1.29, 1.82) is 0 Å². The minimum Gasteiger partial charge on any atom is -0.497 e. The van der Waals surface area contributed by atoms with Gasteiger partial charge in [0.25, 0.3) is 11.5 Å². The number of carbonyl (C=O) groups is 1. The molecule has 0 spiro atoms. The molecule has 11 heteroatoms. The first-order valence-corrected chi connectivity index (χ1v) is 10.3. The minimum atomic E-state index is -0.665. The molecule has 1 amide bonds. The first-order valence-electron chi connectivity index (χ1n) is 10.3. The van der Waals surface area contributed by atoms with Crippen molar-refractivity contribution in [1.82, 2.24) is 29.0 Å². The smallest absolute Gasteiger partial charge is 0.332 e. The third kappa shape index (κ3) is 3.91. The quantitative estimate of drug-likeness (QED) is 0.450. The highest BCUT2D eigenvalue weighted by Gasteiger charge is 2.24. The predicted octanol–water partition coefficient (Wildman–Crippen LogP) is 0.902. The number of aryl methyl sites for hydroxylation is 2. The largest absolute Gasteiger partial charge is 0.497 e. The number of amides is 1. The Hall–Kier alpha value is -4.41. The molecule has 0 radical (unpaired) electrons. The summed E-state index contributed by atoms with van der Waals surface area (Å²) in [5.74, 6) is 1.17. The fourth-order valence-electron chi connectivity index (χ4n) is 3.73. The summed E-state index contributed by atoms with van der Waals surface area (Å²) < 4.78 is 14.8. The van der Waals surface area contributed by atoms with Crippen molar-refractivity contribution >= 4 is 16.9 Å². The number of benzene rings is 1. The number of hydrogen-bond donors (Lipinski definition) is 1. The van der Waals surface area contributed by atoms with Crippen LogP contribution < -0.4 is 26.0 Å². The van der Waals surface area contributed by atoms with Crippen LogP contribution in [0.15, 0.2) is 52.3 Å². The minimum absolute atomic E-state index is 0.0461. The summed E-state index contributed by atoms with van der Waals surface area (Å²) in [4.78, 5) is 46.8. The lowest BCUT2D eigenvalue weighted by molar-refractivity contribution is 0.0936. The van der Waals surface area contributed by atoms with Crippen LogP contribution in [-0.2, 0) is 21.1 Å². The number of pyridine rings is 1. The summed E-state index contributed by atoms with van der Waals surface area (Å²) in [6.07, 6.45) is 3.40. The van der Waals surface area contributed by atoms with E-state index in [-0.39, 0.29) is 16.7 Å². The SMILES string of the molecule is COc1cc(OC)cc(C(NC(=O)c2ccc3c(=O)n(C)c(=O)n(C)c3n2)c2nccn2C)c1. The molecule has 1 N–H and O–H groups in total. The van der Waals surface area contributed by atoms with Gasteiger partial charge in [-0.25, -0.2) is 14.8 Å². The van der Waals surface area contributed by atoms with Crippen LogP contribution >= 0.6 is 0 Å². The standard InChI is InChI=1S/C23H24N6O5/c1-27-9-8-24-20(27)18(13-10-14(33-4)12-15(11-13)34-5)26-21(30)17-7-6-16-19(25-17)28(2)23(32)29(3)22(16)31/h6-12,18H,1-5H3,(H,26,30). The van der Waals surface area contributed by atoms with E-state index in [1.54, 1.807) is 49.4 Å². The van der Waals surface area contributed by atoms with E-state index in [9.17, 15) is 14.4 Å². The van der Waals surface area contributed by atoms with Gasteiger partial charge in [-0.15, -0.1) is 0 Å². The van der Waals surface area contributed by atoms with Crippen molar-refractivity contribution in [3.8, 4) is 11.5 Å². The topological polar surface area (TPSA) is 122 Å². The summed E-state index contributed by atoms with van der Waals surface area (Å²) in [6, 6.07) is 7.56. The zero-order chi connectivity index (χ0) is 24.6. The summed E-state index contributed by atoms with van der Waals surface area (Å²) >= 11 is 0. The lowest BCUT2D eigenvalue weighted by Gasteiger charge is -2.20. The zero-order valence-corrected chi connectivity index (χ0v) is 19.4. The van der Waals surface area contributed by atoms with Crippen molar-refractivity contribution in [2.75, 3.05) is 14.2 Å². The Bertz CT molecular complexity index is 1490. The Morgan fingerprint density at radius 2 is 1.68 bits per heavy atom. The fourth-order valence-corrected chi connectivity index (χ4v) is 3.73. The average molecular weight is 464 g/mol. The van der Waals surface area contributed by atoms with Gasteiger partial charge in [0, 0.05) is 39.6 Å². The molecular formula is C23H24N6O5. The van der Waals surface area contributed by atoms with Crippen LogP contribution in [0.4, 0.5) is 0 Å². The molecule has 176 valence electrons. The molecule has 0 saturated carbocycles. The van der Waals surface area contributed by atoms with Crippen LogP contribution in [0.3, 0.4) is 0 Å². The van der Waals surface area contributed by atoms with Gasteiger partial charge in [0.05, 0.1) is 19.6 Å². The molecule has 4 aromatic rings. The van der Waals surface area contributed by atoms with E-state index in [1.807, 2.05) is 7.05 Å². The van der Waals surface area contributed by atoms with Crippen molar-refractivity contribution in [2.24, 2.45) is 21.1 Å². The van der Waals surface area contributed by atoms with Crippen molar-refractivity contribution in [3.63, 3.8) is 0 Å². The molecule has 34 heavy (non-hydrogen) atoms. The highest BCUT2D eigenvalue weighted by atomic mass is 16.5. The molecule has 0 fully saturated rings. The van der Waals surface area contributed by atoms with Crippen LogP contribution in [0.2, 0.25) is 0 Å². The molecule has 0 aliphatic heterocycles. The second kappa shape index (κ2) is 8.85. The van der Waals surface area contributed by atoms with Crippen LogP contribution in [0.25, 0.3) is 11.0 Å². The van der Waals surface area contributed by atoms with Gasteiger partial charge >= 0.3 is 5.69 Å². The number of nitrogens with zero attached hydrogens (tertiary/aromatic N) is 5. The fraction of sp³-hybridized carbons (Fsp3) is 0.261. The van der Waals surface area contributed by atoms with Gasteiger partial charge in [0.2, 0.25) is 0 Å². The molecule has 0 aliphatic carbocycles. The zero-order valence-electron chi connectivity index (χ0n) is 19.4. The Kier molecular flexibility index (Phi) is 5.93. The van der Waals surface area contributed by atoms with E-state index in [1.165, 1.54) is 30.8 Å². The van der Waals surface area contributed by atoms with Crippen LogP contribution in [-0.4, -0.2) is 43.8 Å². The molecule has 0 bridgehead atoms. The number of nitrogens with one attached hydrogen (secondary N) is 1. The molecule has 3 aromatic heterocycles. The lowest BCUT2D eigenvalue weighted by Crippen LogP contribution is -2.38. The van der Waals surface area contributed by atoms with Crippen molar-refractivity contribution in [2.45, 2.75) is 6.04 Å². The van der Waals surface area contributed by atoms with E-state index < -0.39 is 23.2 Å². The lowest BCUT2D eigenvalue weighted by atomic mass is 10.0. The van der Waals surface area contributed by atoms with Crippen LogP contribution in [0, 0.1) is 0 Å². The van der Waals surface area contributed by atoms with Gasteiger partial charge in [-0.3, -0.25) is 18.7 Å². The number of imidazole rings is 1. The Morgan fingerprint density at radius 3 is 2.26 bits per heavy atom. The molecular weight excluding hydrogens is 440 g/mol. The van der Waals surface area contributed by atoms with Gasteiger partial charge in [-0.2, -0.15) is 0 Å². The maximum Gasteiger partial charge on any atom is 0.332 e. The summed E-state index contributed by atoms with van der Waals surface area (Å²) in [5.41, 5.74) is -0.160. The number of ether oxygens (including phenoxy) is 2. The molecule has 1 unspecified atom stereocenters. The summed E-state index contributed by atoms with van der Waals surface area (Å²) in [6.45, 7) is 0. The third-order valence-electron chi connectivity index (χ3n) is 5.63. The van der Waals surface area contributed by atoms with E-state index in [0.29, 0.717) is 22.9 Å². The second-order valence-corrected chi connectivity index (χ2v) is 7.72. The predicted molar refractivity (Wildman–Crippen MR) is 124 cm³/mol. The first-order chi connectivity index (χ1) is 16.2. The Balaban J connectivity index is 1.79. The van der Waals surface area contributed by atoms with Gasteiger partial charge in [-0.05, 0) is 29.8 Å². The number of hydrogen-bond acceptors (Lipinski definition) is 7. The molecule has 0 saturated heterocycles. The van der Waals surface area contributed by atoms with E-state index in [0.717, 1.165) is 4.57 Å². The van der Waals surface area contributed by atoms with Gasteiger partial charge in [0.1, 0.15) is 34.7 Å². The number of methoxy groups -OCH3 is 2. The molecule has 0 aliphatic rings. The Labute approximate surface area is 194 Å². The molecule has 1 atom stereocenters. The van der Waals surface area contributed by atoms with E-state index in [4.69, 9.17) is 9.47 Å². The number of aromatic nitrogens is 5. The number of fused-ring (bicyclic) bond motifs is 1. The van der Waals surface area contributed by atoms with Crippen molar-refractivity contribution < 1.29 is 14.3 Å². The third-order valence-corrected chi connectivity index (χ3v) is 5.63. The maximum atomic E-state index is 13.3. The molecule has 3 heterocycles.